The van der Waals surface area contributed by atoms with Crippen molar-refractivity contribution >= 4 is 55.9 Å². The summed E-state index contributed by atoms with van der Waals surface area (Å²) in [6, 6.07) is 13.0. The van der Waals surface area contributed by atoms with E-state index >= 15 is 0 Å². The molecule has 2 N–H and O–H groups in total. The number of aromatic nitrogens is 2. The lowest BCUT2D eigenvalue weighted by Gasteiger charge is -2.38. The molecule has 0 spiro atoms. The van der Waals surface area contributed by atoms with Gasteiger partial charge in [-0.3, -0.25) is 9.69 Å². The molecule has 0 radical (unpaired) electrons. The number of piperazine rings is 1. The molecule has 0 amide bonds. The van der Waals surface area contributed by atoms with Gasteiger partial charge >= 0.3 is 5.97 Å². The minimum Gasteiger partial charge on any atom is -0.480 e. The molecule has 148 valence electrons. The van der Waals surface area contributed by atoms with Crippen LogP contribution in [0.5, 0.6) is 0 Å². The van der Waals surface area contributed by atoms with Crippen LogP contribution in [0.15, 0.2) is 48.7 Å². The van der Waals surface area contributed by atoms with Gasteiger partial charge in [0, 0.05) is 59.3 Å². The van der Waals surface area contributed by atoms with Crippen molar-refractivity contribution in [2.24, 2.45) is 0 Å². The molecule has 1 atom stereocenters. The monoisotopic (exact) mass is 426 g/mol. The molecular formula is C21H19ClN4O2S. The zero-order valence-corrected chi connectivity index (χ0v) is 17.1. The molecule has 0 saturated carbocycles. The number of carbonyl (C=O) groups is 1. The Morgan fingerprint density at radius 2 is 1.93 bits per heavy atom. The minimum absolute atomic E-state index is 0.600. The molecule has 4 aromatic rings. The van der Waals surface area contributed by atoms with Crippen LogP contribution in [0.2, 0.25) is 5.02 Å². The SMILES string of the molecule is O=C(O)C(c1c[nH]c2ccc(Cl)cc12)N1CCN(c2nsc3ccccc23)CC1. The second-order valence-electron chi connectivity index (χ2n) is 7.20. The number of H-pyrrole nitrogens is 1. The number of carboxylic acid groups (broad SMARTS) is 1. The maximum Gasteiger partial charge on any atom is 0.325 e. The summed E-state index contributed by atoms with van der Waals surface area (Å²) in [6.45, 7) is 2.77. The standard InChI is InChI=1S/C21H19ClN4O2S/c22-13-5-6-17-15(11-13)16(12-23-17)19(21(27)28)25-7-9-26(10-8-25)20-14-3-1-2-4-18(14)29-24-20/h1-6,11-12,19,23H,7-10H2,(H,27,28). The number of aromatic amines is 1. The minimum atomic E-state index is -0.849. The van der Waals surface area contributed by atoms with Gasteiger partial charge in [-0.2, -0.15) is 4.37 Å². The Bertz CT molecular complexity index is 1200. The largest absolute Gasteiger partial charge is 0.480 e. The molecule has 5 rings (SSSR count). The van der Waals surface area contributed by atoms with E-state index in [0.717, 1.165) is 40.8 Å². The van der Waals surface area contributed by atoms with Crippen LogP contribution in [0, 0.1) is 0 Å². The number of anilines is 1. The summed E-state index contributed by atoms with van der Waals surface area (Å²) in [5.74, 6) is 0.148. The fraction of sp³-hybridized carbons (Fsp3) is 0.238. The van der Waals surface area contributed by atoms with Gasteiger partial charge in [0.1, 0.15) is 11.9 Å². The number of halogens is 1. The second-order valence-corrected chi connectivity index (χ2v) is 8.44. The smallest absolute Gasteiger partial charge is 0.325 e. The summed E-state index contributed by atoms with van der Waals surface area (Å²) >= 11 is 7.66. The lowest BCUT2D eigenvalue weighted by molar-refractivity contribution is -0.143. The molecule has 0 aliphatic carbocycles. The van der Waals surface area contributed by atoms with Gasteiger partial charge in [0.15, 0.2) is 0 Å². The Morgan fingerprint density at radius 3 is 2.72 bits per heavy atom. The van der Waals surface area contributed by atoms with Crippen LogP contribution in [-0.4, -0.2) is 51.5 Å². The molecule has 3 heterocycles. The number of hydrogen-bond donors (Lipinski definition) is 2. The fourth-order valence-corrected chi connectivity index (χ4v) is 5.09. The molecule has 6 nitrogen and oxygen atoms in total. The third kappa shape index (κ3) is 3.25. The van der Waals surface area contributed by atoms with Crippen LogP contribution >= 0.6 is 23.1 Å². The van der Waals surface area contributed by atoms with Crippen LogP contribution in [-0.2, 0) is 4.79 Å². The van der Waals surface area contributed by atoms with E-state index in [-0.39, 0.29) is 0 Å². The predicted octanol–water partition coefficient (Wildman–Crippen LogP) is 4.38. The van der Waals surface area contributed by atoms with E-state index in [4.69, 9.17) is 11.6 Å². The average Bonchev–Trinajstić information content (AvgIpc) is 3.33. The number of fused-ring (bicyclic) bond motifs is 2. The maximum absolute atomic E-state index is 12.2. The first kappa shape index (κ1) is 18.4. The Labute approximate surface area is 176 Å². The Kier molecular flexibility index (Phi) is 4.66. The third-order valence-corrected chi connectivity index (χ3v) is 6.59. The lowest BCUT2D eigenvalue weighted by Crippen LogP contribution is -2.49. The summed E-state index contributed by atoms with van der Waals surface area (Å²) in [5, 5.41) is 12.6. The van der Waals surface area contributed by atoms with Gasteiger partial charge in [-0.15, -0.1) is 0 Å². The first-order valence-electron chi connectivity index (χ1n) is 9.44. The summed E-state index contributed by atoms with van der Waals surface area (Å²) in [4.78, 5) is 19.6. The van der Waals surface area contributed by atoms with Crippen molar-refractivity contribution in [2.75, 3.05) is 31.1 Å². The van der Waals surface area contributed by atoms with Crippen LogP contribution in [0.1, 0.15) is 11.6 Å². The Balaban J connectivity index is 1.40. The van der Waals surface area contributed by atoms with Crippen molar-refractivity contribution in [3.8, 4) is 0 Å². The molecule has 29 heavy (non-hydrogen) atoms. The molecule has 2 aromatic carbocycles. The summed E-state index contributed by atoms with van der Waals surface area (Å²) in [7, 11) is 0. The maximum atomic E-state index is 12.2. The predicted molar refractivity (Wildman–Crippen MR) is 117 cm³/mol. The van der Waals surface area contributed by atoms with Gasteiger partial charge in [-0.05, 0) is 41.9 Å². The van der Waals surface area contributed by atoms with Crippen LogP contribution in [0.4, 0.5) is 5.82 Å². The zero-order valence-electron chi connectivity index (χ0n) is 15.5. The third-order valence-electron chi connectivity index (χ3n) is 5.54. The van der Waals surface area contributed by atoms with Gasteiger partial charge < -0.3 is 15.0 Å². The average molecular weight is 427 g/mol. The summed E-state index contributed by atoms with van der Waals surface area (Å²) in [5.41, 5.74) is 1.64. The van der Waals surface area contributed by atoms with E-state index < -0.39 is 12.0 Å². The number of carboxylic acids is 1. The van der Waals surface area contributed by atoms with Gasteiger partial charge in [-0.25, -0.2) is 0 Å². The van der Waals surface area contributed by atoms with Crippen molar-refractivity contribution in [3.63, 3.8) is 0 Å². The van der Waals surface area contributed by atoms with Gasteiger partial charge in [0.05, 0.1) is 4.70 Å². The molecule has 1 aliphatic rings. The molecule has 2 aromatic heterocycles. The quantitative estimate of drug-likeness (QED) is 0.506. The highest BCUT2D eigenvalue weighted by atomic mass is 35.5. The molecule has 0 bridgehead atoms. The second kappa shape index (κ2) is 7.33. The van der Waals surface area contributed by atoms with Crippen molar-refractivity contribution in [1.82, 2.24) is 14.3 Å². The normalized spacial score (nSPS) is 16.5. The molecule has 1 unspecified atom stereocenters. The Hall–Kier alpha value is -2.61. The molecule has 1 fully saturated rings. The van der Waals surface area contributed by atoms with Gasteiger partial charge in [0.25, 0.3) is 0 Å². The van der Waals surface area contributed by atoms with E-state index in [2.05, 4.69) is 26.4 Å². The van der Waals surface area contributed by atoms with Crippen LogP contribution in [0.25, 0.3) is 21.0 Å². The highest BCUT2D eigenvalue weighted by Gasteiger charge is 2.32. The van der Waals surface area contributed by atoms with Crippen LogP contribution in [0.3, 0.4) is 0 Å². The lowest BCUT2D eigenvalue weighted by atomic mass is 10.0. The van der Waals surface area contributed by atoms with Gasteiger partial charge in [0.2, 0.25) is 0 Å². The number of benzene rings is 2. The van der Waals surface area contributed by atoms with Gasteiger partial charge in [-0.1, -0.05) is 23.7 Å². The molecule has 8 heteroatoms. The molecular weight excluding hydrogens is 408 g/mol. The number of aliphatic carboxylic acids is 1. The van der Waals surface area contributed by atoms with E-state index in [1.807, 2.05) is 29.2 Å². The van der Waals surface area contributed by atoms with E-state index in [1.54, 1.807) is 12.3 Å². The number of rotatable bonds is 4. The fourth-order valence-electron chi connectivity index (χ4n) is 4.12. The van der Waals surface area contributed by atoms with Crippen molar-refractivity contribution in [3.05, 3.63) is 59.2 Å². The number of nitrogens with one attached hydrogen (secondary N) is 1. The van der Waals surface area contributed by atoms with Crippen LogP contribution < -0.4 is 4.90 Å². The zero-order chi connectivity index (χ0) is 20.0. The molecule has 1 saturated heterocycles. The number of hydrogen-bond acceptors (Lipinski definition) is 5. The van der Waals surface area contributed by atoms with Crippen molar-refractivity contribution in [2.45, 2.75) is 6.04 Å². The summed E-state index contributed by atoms with van der Waals surface area (Å²) < 4.78 is 5.81. The first-order valence-corrected chi connectivity index (χ1v) is 10.6. The van der Waals surface area contributed by atoms with E-state index in [1.165, 1.54) is 16.2 Å². The highest BCUT2D eigenvalue weighted by molar-refractivity contribution is 7.13. The molecule has 1 aliphatic heterocycles. The van der Waals surface area contributed by atoms with E-state index in [9.17, 15) is 9.90 Å². The van der Waals surface area contributed by atoms with E-state index in [0.29, 0.717) is 18.1 Å². The highest BCUT2D eigenvalue weighted by Crippen LogP contribution is 2.33. The summed E-state index contributed by atoms with van der Waals surface area (Å²) in [6.07, 6.45) is 1.79. The van der Waals surface area contributed by atoms with Crippen molar-refractivity contribution < 1.29 is 9.90 Å². The number of nitrogens with zero attached hydrogens (tertiary/aromatic N) is 3. The Morgan fingerprint density at radius 1 is 1.14 bits per heavy atom. The van der Waals surface area contributed by atoms with Crippen molar-refractivity contribution in [1.29, 1.82) is 0 Å². The topological polar surface area (TPSA) is 72.5 Å². The first-order chi connectivity index (χ1) is 14.1.